The molecule has 1 aliphatic carbocycles. The van der Waals surface area contributed by atoms with Gasteiger partial charge in [-0.3, -0.25) is 9.69 Å². The van der Waals surface area contributed by atoms with Crippen molar-refractivity contribution in [3.8, 4) is 5.75 Å². The van der Waals surface area contributed by atoms with Gasteiger partial charge in [-0.1, -0.05) is 17.3 Å². The van der Waals surface area contributed by atoms with Gasteiger partial charge in [0.1, 0.15) is 12.4 Å². The van der Waals surface area contributed by atoms with Crippen LogP contribution in [0.2, 0.25) is 0 Å². The van der Waals surface area contributed by atoms with Gasteiger partial charge in [-0.05, 0) is 51.6 Å². The van der Waals surface area contributed by atoms with Crippen LogP contribution in [0.3, 0.4) is 0 Å². The number of likely N-dealkylation sites (tertiary alicyclic amines) is 1. The summed E-state index contributed by atoms with van der Waals surface area (Å²) in [5.74, 6) is 0.768. The Balaban J connectivity index is 1.22. The fraction of sp³-hybridized carbons (Fsp3) is 0.571. The van der Waals surface area contributed by atoms with Crippen LogP contribution < -0.4 is 10.1 Å². The van der Waals surface area contributed by atoms with E-state index in [-0.39, 0.29) is 11.9 Å². The molecule has 1 aromatic carbocycles. The second-order valence-corrected chi connectivity index (χ2v) is 8.34. The summed E-state index contributed by atoms with van der Waals surface area (Å²) < 4.78 is 7.56. The van der Waals surface area contributed by atoms with E-state index in [0.717, 1.165) is 38.2 Å². The van der Waals surface area contributed by atoms with E-state index in [1.54, 1.807) is 10.9 Å². The van der Waals surface area contributed by atoms with Crippen LogP contribution in [-0.2, 0) is 0 Å². The van der Waals surface area contributed by atoms with Crippen LogP contribution in [0.15, 0.2) is 30.5 Å². The standard InChI is InChI=1S/C21H30N6O2/c1-15(16-4-8-19(9-5-16)29-11-10-25(2)3)26-12-17(13-26)22-21(28)20-14-27(24-23-20)18-6-7-18/h4-5,8-9,14-15,17-18H,6-7,10-13H2,1-3H3,(H,22,28). The fourth-order valence-electron chi connectivity index (χ4n) is 3.48. The summed E-state index contributed by atoms with van der Waals surface area (Å²) in [6.07, 6.45) is 4.01. The Morgan fingerprint density at radius 1 is 1.28 bits per heavy atom. The summed E-state index contributed by atoms with van der Waals surface area (Å²) in [5.41, 5.74) is 1.66. The summed E-state index contributed by atoms with van der Waals surface area (Å²) >= 11 is 0. The second kappa shape index (κ2) is 8.51. The van der Waals surface area contributed by atoms with Crippen molar-refractivity contribution in [2.45, 2.75) is 37.9 Å². The zero-order chi connectivity index (χ0) is 20.4. The lowest BCUT2D eigenvalue weighted by atomic mass is 10.0. The third-order valence-corrected chi connectivity index (χ3v) is 5.63. The molecule has 1 atom stereocenters. The monoisotopic (exact) mass is 398 g/mol. The third kappa shape index (κ3) is 4.94. The number of hydrogen-bond acceptors (Lipinski definition) is 6. The van der Waals surface area contributed by atoms with E-state index in [4.69, 9.17) is 4.74 Å². The number of rotatable bonds is 9. The first kappa shape index (κ1) is 19.8. The molecule has 4 rings (SSSR count). The molecule has 156 valence electrons. The SMILES string of the molecule is CC(c1ccc(OCCN(C)C)cc1)N1CC(NC(=O)c2cn(C3CC3)nn2)C1. The van der Waals surface area contributed by atoms with E-state index < -0.39 is 0 Å². The maximum absolute atomic E-state index is 12.4. The van der Waals surface area contributed by atoms with Crippen LogP contribution in [-0.4, -0.2) is 77.1 Å². The third-order valence-electron chi connectivity index (χ3n) is 5.63. The molecule has 0 radical (unpaired) electrons. The van der Waals surface area contributed by atoms with Gasteiger partial charge in [0.05, 0.1) is 18.3 Å². The van der Waals surface area contributed by atoms with Crippen molar-refractivity contribution in [3.63, 3.8) is 0 Å². The Morgan fingerprint density at radius 2 is 2.00 bits per heavy atom. The second-order valence-electron chi connectivity index (χ2n) is 8.34. The molecule has 1 N–H and O–H groups in total. The number of benzene rings is 1. The van der Waals surface area contributed by atoms with Crippen molar-refractivity contribution in [1.29, 1.82) is 0 Å². The molecule has 0 bridgehead atoms. The first-order valence-electron chi connectivity index (χ1n) is 10.3. The number of likely N-dealkylation sites (N-methyl/N-ethyl adjacent to an activating group) is 1. The Kier molecular flexibility index (Phi) is 5.82. The topological polar surface area (TPSA) is 75.5 Å². The summed E-state index contributed by atoms with van der Waals surface area (Å²) in [6, 6.07) is 9.21. The molecule has 2 fully saturated rings. The fourth-order valence-corrected chi connectivity index (χ4v) is 3.48. The average Bonchev–Trinajstić information content (AvgIpc) is 3.40. The number of ether oxygens (including phenoxy) is 1. The highest BCUT2D eigenvalue weighted by Gasteiger charge is 2.33. The van der Waals surface area contributed by atoms with Crippen LogP contribution in [0.5, 0.6) is 5.75 Å². The minimum Gasteiger partial charge on any atom is -0.492 e. The Labute approximate surface area is 171 Å². The summed E-state index contributed by atoms with van der Waals surface area (Å²) in [7, 11) is 4.07. The summed E-state index contributed by atoms with van der Waals surface area (Å²) in [5, 5.41) is 11.1. The Morgan fingerprint density at radius 3 is 2.66 bits per heavy atom. The molecular formula is C21H30N6O2. The predicted octanol–water partition coefficient (Wildman–Crippen LogP) is 1.73. The number of hydrogen-bond donors (Lipinski definition) is 1. The first-order valence-corrected chi connectivity index (χ1v) is 10.3. The number of carbonyl (C=O) groups excluding carboxylic acids is 1. The molecule has 2 aromatic rings. The van der Waals surface area contributed by atoms with Gasteiger partial charge in [-0.2, -0.15) is 0 Å². The number of carbonyl (C=O) groups is 1. The number of amides is 1. The van der Waals surface area contributed by atoms with Crippen molar-refractivity contribution in [2.75, 3.05) is 40.3 Å². The minimum absolute atomic E-state index is 0.131. The highest BCUT2D eigenvalue weighted by atomic mass is 16.5. The highest BCUT2D eigenvalue weighted by Crippen LogP contribution is 2.33. The van der Waals surface area contributed by atoms with Crippen molar-refractivity contribution < 1.29 is 9.53 Å². The zero-order valence-corrected chi connectivity index (χ0v) is 17.4. The van der Waals surface area contributed by atoms with Gasteiger partial charge < -0.3 is 15.0 Å². The van der Waals surface area contributed by atoms with E-state index in [9.17, 15) is 4.79 Å². The molecule has 1 amide bonds. The van der Waals surface area contributed by atoms with Crippen molar-refractivity contribution >= 4 is 5.91 Å². The van der Waals surface area contributed by atoms with Gasteiger partial charge in [0.25, 0.3) is 5.91 Å². The van der Waals surface area contributed by atoms with Gasteiger partial charge in [-0.25, -0.2) is 4.68 Å². The van der Waals surface area contributed by atoms with Crippen molar-refractivity contribution in [2.24, 2.45) is 0 Å². The molecule has 2 aliphatic rings. The average molecular weight is 399 g/mol. The quantitative estimate of drug-likeness (QED) is 0.693. The Bertz CT molecular complexity index is 824. The zero-order valence-electron chi connectivity index (χ0n) is 17.4. The van der Waals surface area contributed by atoms with Crippen LogP contribution >= 0.6 is 0 Å². The molecule has 1 saturated heterocycles. The lowest BCUT2D eigenvalue weighted by Gasteiger charge is -2.43. The normalized spacial score (nSPS) is 18.5. The summed E-state index contributed by atoms with van der Waals surface area (Å²) in [6.45, 7) is 5.45. The maximum atomic E-state index is 12.4. The van der Waals surface area contributed by atoms with Crippen LogP contribution in [0.4, 0.5) is 0 Å². The molecule has 1 aromatic heterocycles. The molecule has 1 unspecified atom stereocenters. The van der Waals surface area contributed by atoms with Crippen LogP contribution in [0.1, 0.15) is 47.9 Å². The molecule has 8 heteroatoms. The van der Waals surface area contributed by atoms with Gasteiger partial charge >= 0.3 is 0 Å². The number of nitrogens with zero attached hydrogens (tertiary/aromatic N) is 5. The minimum atomic E-state index is -0.131. The molecule has 29 heavy (non-hydrogen) atoms. The van der Waals surface area contributed by atoms with Crippen molar-refractivity contribution in [3.05, 3.63) is 41.7 Å². The number of nitrogens with one attached hydrogen (secondary N) is 1. The lowest BCUT2D eigenvalue weighted by Crippen LogP contribution is -2.59. The molecule has 1 aliphatic heterocycles. The highest BCUT2D eigenvalue weighted by molar-refractivity contribution is 5.92. The smallest absolute Gasteiger partial charge is 0.273 e. The molecule has 1 saturated carbocycles. The van der Waals surface area contributed by atoms with Gasteiger partial charge in [0.2, 0.25) is 0 Å². The van der Waals surface area contributed by atoms with E-state index in [0.29, 0.717) is 24.4 Å². The first-order chi connectivity index (χ1) is 14.0. The van der Waals surface area contributed by atoms with E-state index in [1.165, 1.54) is 5.56 Å². The van der Waals surface area contributed by atoms with Gasteiger partial charge in [-0.15, -0.1) is 5.10 Å². The molecule has 2 heterocycles. The predicted molar refractivity (Wildman–Crippen MR) is 110 cm³/mol. The Hall–Kier alpha value is -2.45. The summed E-state index contributed by atoms with van der Waals surface area (Å²) in [4.78, 5) is 16.8. The largest absolute Gasteiger partial charge is 0.492 e. The van der Waals surface area contributed by atoms with Gasteiger partial charge in [0.15, 0.2) is 5.69 Å². The molecular weight excluding hydrogens is 368 g/mol. The van der Waals surface area contributed by atoms with Crippen LogP contribution in [0.25, 0.3) is 0 Å². The van der Waals surface area contributed by atoms with Gasteiger partial charge in [0, 0.05) is 25.7 Å². The van der Waals surface area contributed by atoms with Crippen LogP contribution in [0, 0.1) is 0 Å². The number of aromatic nitrogens is 3. The van der Waals surface area contributed by atoms with E-state index >= 15 is 0 Å². The molecule has 8 nitrogen and oxygen atoms in total. The van der Waals surface area contributed by atoms with Crippen molar-refractivity contribution in [1.82, 2.24) is 30.1 Å². The van der Waals surface area contributed by atoms with E-state index in [2.05, 4.69) is 44.5 Å². The maximum Gasteiger partial charge on any atom is 0.273 e. The van der Waals surface area contributed by atoms with E-state index in [1.807, 2.05) is 26.2 Å². The molecule has 0 spiro atoms. The lowest BCUT2D eigenvalue weighted by molar-refractivity contribution is 0.0672.